The molecule has 4 aromatic rings. The SMILES string of the molecule is Cn1nnnc1SC[C@@H]1C[C@H](c2ccc(CO)cc2)O[C@H](c2cccc(-c3cccc(CNC(=O)CCCCCC(=O)NO)c3)c2)O1. The van der Waals surface area contributed by atoms with Crippen LogP contribution >= 0.6 is 11.8 Å². The van der Waals surface area contributed by atoms with Gasteiger partial charge in [-0.15, -0.1) is 5.10 Å². The maximum atomic E-state index is 12.4. The lowest BCUT2D eigenvalue weighted by Crippen LogP contribution is -2.31. The number of aliphatic hydroxyl groups is 1. The van der Waals surface area contributed by atoms with Crippen LogP contribution in [0.1, 0.15) is 73.2 Å². The van der Waals surface area contributed by atoms with Gasteiger partial charge in [0.2, 0.25) is 17.0 Å². The number of rotatable bonds is 15. The van der Waals surface area contributed by atoms with Crippen LogP contribution in [0.4, 0.5) is 0 Å². The van der Waals surface area contributed by atoms with Crippen molar-refractivity contribution in [2.75, 3.05) is 5.75 Å². The van der Waals surface area contributed by atoms with E-state index in [0.717, 1.165) is 39.8 Å². The molecule has 1 aromatic heterocycles. The standard InChI is InChI=1S/C34H40N6O6S/c1-40-34(36-38-39-40)47-22-29-19-30(25-15-13-23(21-41)14-16-25)46-33(45-29)28-10-6-9-27(18-28)26-8-5-7-24(17-26)20-35-31(42)11-3-2-4-12-32(43)37-44/h5-10,13-18,29-30,33,41,44H,2-4,11-12,19-22H2,1H3,(H,35,42)(H,37,43)/t29-,30+,33+/m0/s1. The molecule has 5 rings (SSSR count). The first kappa shape index (κ1) is 34.2. The zero-order valence-corrected chi connectivity index (χ0v) is 27.1. The summed E-state index contributed by atoms with van der Waals surface area (Å²) in [4.78, 5) is 23.5. The zero-order chi connectivity index (χ0) is 33.0. The molecule has 2 heterocycles. The summed E-state index contributed by atoms with van der Waals surface area (Å²) in [5.74, 6) is 0.191. The van der Waals surface area contributed by atoms with Crippen molar-refractivity contribution in [2.24, 2.45) is 7.05 Å². The lowest BCUT2D eigenvalue weighted by atomic mass is 9.99. The number of tetrazole rings is 1. The predicted octanol–water partition coefficient (Wildman–Crippen LogP) is 4.78. The van der Waals surface area contributed by atoms with E-state index in [-0.39, 0.29) is 31.1 Å². The number of nitrogens with zero attached hydrogens (tertiary/aromatic N) is 4. The van der Waals surface area contributed by atoms with Crippen LogP contribution in [0, 0.1) is 0 Å². The molecule has 0 saturated carbocycles. The van der Waals surface area contributed by atoms with Gasteiger partial charge in [-0.25, -0.2) is 10.2 Å². The number of hydrogen-bond acceptors (Lipinski definition) is 10. The molecule has 0 bridgehead atoms. The van der Waals surface area contributed by atoms with E-state index in [0.29, 0.717) is 43.1 Å². The molecule has 1 aliphatic heterocycles. The number of hydrogen-bond donors (Lipinski definition) is 4. The third-order valence-electron chi connectivity index (χ3n) is 7.94. The van der Waals surface area contributed by atoms with Crippen molar-refractivity contribution in [2.45, 2.75) is 75.3 Å². The minimum atomic E-state index is -0.602. The minimum absolute atomic E-state index is 0.0159. The monoisotopic (exact) mass is 660 g/mol. The van der Waals surface area contributed by atoms with E-state index < -0.39 is 12.2 Å². The summed E-state index contributed by atoms with van der Waals surface area (Å²) in [6.45, 7) is 0.392. The molecule has 0 unspecified atom stereocenters. The average molecular weight is 661 g/mol. The molecule has 0 aliphatic carbocycles. The van der Waals surface area contributed by atoms with Crippen LogP contribution in [-0.2, 0) is 39.3 Å². The summed E-state index contributed by atoms with van der Waals surface area (Å²) in [6, 6.07) is 24.0. The molecule has 1 saturated heterocycles. The van der Waals surface area contributed by atoms with Gasteiger partial charge in [-0.05, 0) is 63.2 Å². The summed E-state index contributed by atoms with van der Waals surface area (Å²) < 4.78 is 14.7. The molecular weight excluding hydrogens is 620 g/mol. The number of nitrogens with one attached hydrogen (secondary N) is 2. The van der Waals surface area contributed by atoms with Crippen molar-refractivity contribution in [3.8, 4) is 11.1 Å². The Bertz CT molecular complexity index is 1620. The van der Waals surface area contributed by atoms with E-state index in [1.807, 2.05) is 67.7 Å². The summed E-state index contributed by atoms with van der Waals surface area (Å²) in [7, 11) is 1.81. The first-order chi connectivity index (χ1) is 22.9. The highest BCUT2D eigenvalue weighted by atomic mass is 32.2. The Morgan fingerprint density at radius 2 is 1.66 bits per heavy atom. The molecule has 0 radical (unpaired) electrons. The van der Waals surface area contributed by atoms with Gasteiger partial charge >= 0.3 is 0 Å². The van der Waals surface area contributed by atoms with E-state index in [1.54, 1.807) is 10.2 Å². The van der Waals surface area contributed by atoms with Crippen LogP contribution in [0.15, 0.2) is 78.0 Å². The first-order valence-electron chi connectivity index (χ1n) is 15.7. The van der Waals surface area contributed by atoms with Gasteiger partial charge < -0.3 is 19.9 Å². The van der Waals surface area contributed by atoms with Gasteiger partial charge in [-0.1, -0.05) is 78.8 Å². The number of amides is 2. The molecule has 12 nitrogen and oxygen atoms in total. The van der Waals surface area contributed by atoms with Crippen molar-refractivity contribution in [3.05, 3.63) is 95.1 Å². The smallest absolute Gasteiger partial charge is 0.243 e. The Morgan fingerprint density at radius 3 is 2.38 bits per heavy atom. The molecule has 13 heteroatoms. The van der Waals surface area contributed by atoms with E-state index in [9.17, 15) is 14.7 Å². The molecule has 3 atom stereocenters. The Hall–Kier alpha value is -4.14. The number of hydroxylamine groups is 1. The summed E-state index contributed by atoms with van der Waals surface area (Å²) >= 11 is 1.54. The van der Waals surface area contributed by atoms with Crippen molar-refractivity contribution >= 4 is 23.6 Å². The second-order valence-electron chi connectivity index (χ2n) is 11.4. The van der Waals surface area contributed by atoms with Gasteiger partial charge in [-0.3, -0.25) is 14.8 Å². The van der Waals surface area contributed by atoms with Crippen molar-refractivity contribution < 1.29 is 29.4 Å². The number of aliphatic hydroxyl groups excluding tert-OH is 1. The number of carbonyl (C=O) groups excluding carboxylic acids is 2. The quantitative estimate of drug-likeness (QED) is 0.0605. The Labute approximate surface area is 277 Å². The van der Waals surface area contributed by atoms with Crippen molar-refractivity contribution in [1.29, 1.82) is 0 Å². The summed E-state index contributed by atoms with van der Waals surface area (Å²) in [5, 5.41) is 33.5. The second kappa shape index (κ2) is 17.1. The highest BCUT2D eigenvalue weighted by Crippen LogP contribution is 2.40. The highest BCUT2D eigenvalue weighted by Gasteiger charge is 2.32. The van der Waals surface area contributed by atoms with E-state index in [4.69, 9.17) is 14.7 Å². The van der Waals surface area contributed by atoms with Gasteiger partial charge in [0.15, 0.2) is 6.29 Å². The molecule has 1 aliphatic rings. The largest absolute Gasteiger partial charge is 0.392 e. The average Bonchev–Trinajstić information content (AvgIpc) is 3.53. The number of aromatic nitrogens is 4. The number of carbonyl (C=O) groups is 2. The number of aryl methyl sites for hydroxylation is 1. The summed E-state index contributed by atoms with van der Waals surface area (Å²) in [6.07, 6.45) is 2.37. The van der Waals surface area contributed by atoms with Gasteiger partial charge in [-0.2, -0.15) is 0 Å². The number of thioether (sulfide) groups is 1. The Kier molecular flexibility index (Phi) is 12.5. The lowest BCUT2D eigenvalue weighted by molar-refractivity contribution is -0.245. The fourth-order valence-corrected chi connectivity index (χ4v) is 6.22. The minimum Gasteiger partial charge on any atom is -0.392 e. The fourth-order valence-electron chi connectivity index (χ4n) is 5.35. The van der Waals surface area contributed by atoms with Crippen LogP contribution in [0.3, 0.4) is 0 Å². The van der Waals surface area contributed by atoms with Crippen LogP contribution in [0.5, 0.6) is 0 Å². The molecule has 2 amide bonds. The molecule has 4 N–H and O–H groups in total. The van der Waals surface area contributed by atoms with Crippen LogP contribution in [0.25, 0.3) is 11.1 Å². The van der Waals surface area contributed by atoms with Gasteiger partial charge in [0, 0.05) is 44.2 Å². The van der Waals surface area contributed by atoms with Gasteiger partial charge in [0.05, 0.1) is 18.8 Å². The van der Waals surface area contributed by atoms with E-state index in [2.05, 4.69) is 33.0 Å². The van der Waals surface area contributed by atoms with Crippen LogP contribution in [0.2, 0.25) is 0 Å². The van der Waals surface area contributed by atoms with Crippen LogP contribution in [-0.4, -0.2) is 54.2 Å². The molecule has 1 fully saturated rings. The normalized spacial score (nSPS) is 17.7. The Morgan fingerprint density at radius 1 is 0.915 bits per heavy atom. The summed E-state index contributed by atoms with van der Waals surface area (Å²) in [5.41, 5.74) is 7.36. The maximum absolute atomic E-state index is 12.4. The number of unbranched alkanes of at least 4 members (excludes halogenated alkanes) is 2. The predicted molar refractivity (Wildman–Crippen MR) is 175 cm³/mol. The third kappa shape index (κ3) is 9.92. The van der Waals surface area contributed by atoms with Gasteiger partial charge in [0.1, 0.15) is 0 Å². The third-order valence-corrected chi connectivity index (χ3v) is 9.08. The number of benzene rings is 3. The number of ether oxygens (including phenoxy) is 2. The zero-order valence-electron chi connectivity index (χ0n) is 26.2. The first-order valence-corrected chi connectivity index (χ1v) is 16.6. The van der Waals surface area contributed by atoms with E-state index >= 15 is 0 Å². The van der Waals surface area contributed by atoms with Crippen molar-refractivity contribution in [3.63, 3.8) is 0 Å². The molecule has 3 aromatic carbocycles. The highest BCUT2D eigenvalue weighted by molar-refractivity contribution is 7.99. The Balaban J connectivity index is 1.24. The van der Waals surface area contributed by atoms with Gasteiger partial charge in [0.25, 0.3) is 0 Å². The van der Waals surface area contributed by atoms with E-state index in [1.165, 1.54) is 11.8 Å². The maximum Gasteiger partial charge on any atom is 0.243 e. The molecular formula is C34H40N6O6S. The fraction of sp³-hybridized carbons (Fsp3) is 0.382. The molecule has 0 spiro atoms. The second-order valence-corrected chi connectivity index (χ2v) is 12.4. The molecule has 248 valence electrons. The van der Waals surface area contributed by atoms with Crippen LogP contribution < -0.4 is 10.8 Å². The topological polar surface area (TPSA) is 161 Å². The van der Waals surface area contributed by atoms with Crippen molar-refractivity contribution in [1.82, 2.24) is 31.0 Å². The lowest BCUT2D eigenvalue weighted by Gasteiger charge is -2.36. The molecule has 47 heavy (non-hydrogen) atoms.